The Hall–Kier alpha value is -2.61. The summed E-state index contributed by atoms with van der Waals surface area (Å²) in [7, 11) is 0. The molecule has 3 rings (SSSR count). The summed E-state index contributed by atoms with van der Waals surface area (Å²) in [4.78, 5) is 39.9. The summed E-state index contributed by atoms with van der Waals surface area (Å²) < 4.78 is 5.70. The van der Waals surface area contributed by atoms with Crippen molar-refractivity contribution >= 4 is 5.91 Å². The van der Waals surface area contributed by atoms with Gasteiger partial charge in [-0.05, 0) is 18.9 Å². The Balaban J connectivity index is 1.58. The molecule has 8 nitrogen and oxygen atoms in total. The zero-order valence-electron chi connectivity index (χ0n) is 12.5. The molecule has 1 N–H and O–H groups in total. The van der Waals surface area contributed by atoms with Crippen LogP contribution in [0.15, 0.2) is 35.6 Å². The lowest BCUT2D eigenvalue weighted by Gasteiger charge is -2.32. The molecule has 1 amide bonds. The average Bonchev–Trinajstić information content (AvgIpc) is 2.60. The van der Waals surface area contributed by atoms with Crippen LogP contribution in [0.25, 0.3) is 0 Å². The highest BCUT2D eigenvalue weighted by Crippen LogP contribution is 2.12. The van der Waals surface area contributed by atoms with E-state index in [4.69, 9.17) is 4.74 Å². The van der Waals surface area contributed by atoms with E-state index < -0.39 is 0 Å². The maximum Gasteiger partial charge on any atom is 0.291 e. The van der Waals surface area contributed by atoms with Gasteiger partial charge in [0.1, 0.15) is 0 Å². The number of amides is 1. The van der Waals surface area contributed by atoms with Crippen LogP contribution in [0.5, 0.6) is 0 Å². The Morgan fingerprint density at radius 2 is 2.17 bits per heavy atom. The van der Waals surface area contributed by atoms with Crippen LogP contribution in [0.1, 0.15) is 22.7 Å². The summed E-state index contributed by atoms with van der Waals surface area (Å²) in [5.74, 6) is 0.0117. The maximum absolute atomic E-state index is 12.4. The summed E-state index contributed by atoms with van der Waals surface area (Å²) in [6, 6.07) is 3.15. The summed E-state index contributed by atoms with van der Waals surface area (Å²) >= 11 is 0. The van der Waals surface area contributed by atoms with Crippen molar-refractivity contribution in [1.29, 1.82) is 0 Å². The van der Waals surface area contributed by atoms with Crippen LogP contribution in [-0.2, 0) is 11.2 Å². The molecule has 1 unspecified atom stereocenters. The Morgan fingerprint density at radius 3 is 2.96 bits per heavy atom. The van der Waals surface area contributed by atoms with Gasteiger partial charge in [-0.1, -0.05) is 0 Å². The highest BCUT2D eigenvalue weighted by atomic mass is 16.5. The zero-order chi connectivity index (χ0) is 16.1. The third kappa shape index (κ3) is 3.98. The fourth-order valence-electron chi connectivity index (χ4n) is 2.48. The summed E-state index contributed by atoms with van der Waals surface area (Å²) in [5.41, 5.74) is 0.546. The summed E-state index contributed by atoms with van der Waals surface area (Å²) in [5, 5.41) is 0. The number of carbonyl (C=O) groups is 1. The van der Waals surface area contributed by atoms with Crippen molar-refractivity contribution in [3.63, 3.8) is 0 Å². The minimum Gasteiger partial charge on any atom is -0.375 e. The maximum atomic E-state index is 12.4. The van der Waals surface area contributed by atoms with E-state index in [9.17, 15) is 9.59 Å². The van der Waals surface area contributed by atoms with Gasteiger partial charge in [0, 0.05) is 37.2 Å². The third-order valence-electron chi connectivity index (χ3n) is 3.64. The lowest BCUT2D eigenvalue weighted by molar-refractivity contribution is -0.0250. The number of hydrogen-bond acceptors (Lipinski definition) is 6. The molecule has 3 heterocycles. The average molecular weight is 315 g/mol. The number of morpholine rings is 1. The van der Waals surface area contributed by atoms with E-state index in [1.165, 1.54) is 12.4 Å². The zero-order valence-corrected chi connectivity index (χ0v) is 12.5. The highest BCUT2D eigenvalue weighted by molar-refractivity contribution is 5.90. The van der Waals surface area contributed by atoms with Crippen molar-refractivity contribution in [2.24, 2.45) is 0 Å². The lowest BCUT2D eigenvalue weighted by Crippen LogP contribution is -2.46. The van der Waals surface area contributed by atoms with Crippen molar-refractivity contribution in [2.45, 2.75) is 18.9 Å². The van der Waals surface area contributed by atoms with Crippen molar-refractivity contribution in [2.75, 3.05) is 19.7 Å². The number of ether oxygens (including phenoxy) is 1. The second-order valence-corrected chi connectivity index (χ2v) is 5.26. The summed E-state index contributed by atoms with van der Waals surface area (Å²) in [6.45, 7) is 1.49. The number of aromatic amines is 1. The van der Waals surface area contributed by atoms with E-state index in [2.05, 4.69) is 19.9 Å². The number of rotatable bonds is 4. The van der Waals surface area contributed by atoms with E-state index in [0.717, 1.165) is 0 Å². The molecule has 0 bridgehead atoms. The van der Waals surface area contributed by atoms with Crippen molar-refractivity contribution in [3.8, 4) is 0 Å². The van der Waals surface area contributed by atoms with Crippen LogP contribution in [0.2, 0.25) is 0 Å². The predicted octanol–water partition coefficient (Wildman–Crippen LogP) is 0.0337. The van der Waals surface area contributed by atoms with Gasteiger partial charge in [-0.15, -0.1) is 0 Å². The van der Waals surface area contributed by atoms with Crippen molar-refractivity contribution < 1.29 is 9.53 Å². The first-order valence-corrected chi connectivity index (χ1v) is 7.44. The number of nitrogens with zero attached hydrogens (tertiary/aromatic N) is 4. The van der Waals surface area contributed by atoms with Crippen LogP contribution < -0.4 is 5.56 Å². The molecule has 1 fully saturated rings. The smallest absolute Gasteiger partial charge is 0.291 e. The van der Waals surface area contributed by atoms with Gasteiger partial charge in [0.05, 0.1) is 19.0 Å². The monoisotopic (exact) mass is 315 g/mol. The number of H-pyrrole nitrogens is 1. The first-order valence-electron chi connectivity index (χ1n) is 7.44. The van der Waals surface area contributed by atoms with Crippen molar-refractivity contribution in [1.82, 2.24) is 24.8 Å². The fourth-order valence-corrected chi connectivity index (χ4v) is 2.48. The SMILES string of the molecule is O=C(c1ncccn1)N1CCOC(CCc2cc(=O)[nH]cn2)C1. The van der Waals surface area contributed by atoms with Crippen molar-refractivity contribution in [3.05, 3.63) is 52.7 Å². The largest absolute Gasteiger partial charge is 0.375 e. The molecule has 0 spiro atoms. The third-order valence-corrected chi connectivity index (χ3v) is 3.64. The van der Waals surface area contributed by atoms with Gasteiger partial charge in [0.15, 0.2) is 0 Å². The number of hydrogen-bond donors (Lipinski definition) is 1. The number of aromatic nitrogens is 4. The van der Waals surface area contributed by atoms with E-state index in [1.54, 1.807) is 23.4 Å². The standard InChI is InChI=1S/C15H17N5O3/c21-13-8-11(18-10-19-13)2-3-12-9-20(6-7-23-12)15(22)14-16-4-1-5-17-14/h1,4-5,8,10,12H,2-3,6-7,9H2,(H,18,19,21). The molecule has 0 radical (unpaired) electrons. The molecule has 1 aliphatic heterocycles. The minimum absolute atomic E-state index is 0.0856. The van der Waals surface area contributed by atoms with Crippen LogP contribution >= 0.6 is 0 Å². The Bertz CT molecular complexity index is 718. The molecule has 1 atom stereocenters. The van der Waals surface area contributed by atoms with E-state index in [-0.39, 0.29) is 23.4 Å². The molecule has 2 aromatic rings. The normalized spacial score (nSPS) is 17.9. The molecule has 8 heteroatoms. The quantitative estimate of drug-likeness (QED) is 0.854. The van der Waals surface area contributed by atoms with Gasteiger partial charge in [0.25, 0.3) is 11.5 Å². The summed E-state index contributed by atoms with van der Waals surface area (Å²) in [6.07, 6.45) is 5.72. The molecule has 1 aliphatic rings. The van der Waals surface area contributed by atoms with Crippen LogP contribution in [0, 0.1) is 0 Å². The van der Waals surface area contributed by atoms with Crippen LogP contribution in [0.4, 0.5) is 0 Å². The molecule has 120 valence electrons. The van der Waals surface area contributed by atoms with E-state index in [1.807, 2.05) is 0 Å². The molecule has 2 aromatic heterocycles. The fraction of sp³-hybridized carbons (Fsp3) is 0.400. The van der Waals surface area contributed by atoms with Crippen LogP contribution in [0.3, 0.4) is 0 Å². The Kier molecular flexibility index (Phi) is 4.72. The number of carbonyl (C=O) groups excluding carboxylic acids is 1. The number of nitrogens with one attached hydrogen (secondary N) is 1. The van der Waals surface area contributed by atoms with E-state index in [0.29, 0.717) is 38.2 Å². The second kappa shape index (κ2) is 7.10. The molecule has 0 aliphatic carbocycles. The molecule has 23 heavy (non-hydrogen) atoms. The van der Waals surface area contributed by atoms with Gasteiger partial charge in [-0.3, -0.25) is 9.59 Å². The second-order valence-electron chi connectivity index (χ2n) is 5.26. The van der Waals surface area contributed by atoms with Gasteiger partial charge >= 0.3 is 0 Å². The number of aryl methyl sites for hydroxylation is 1. The van der Waals surface area contributed by atoms with Gasteiger partial charge in [-0.2, -0.15) is 0 Å². The highest BCUT2D eigenvalue weighted by Gasteiger charge is 2.26. The van der Waals surface area contributed by atoms with Gasteiger partial charge in [-0.25, -0.2) is 15.0 Å². The first kappa shape index (κ1) is 15.3. The van der Waals surface area contributed by atoms with Gasteiger partial charge in [0.2, 0.25) is 5.82 Å². The Labute approximate surface area is 132 Å². The molecular formula is C15H17N5O3. The van der Waals surface area contributed by atoms with Crippen LogP contribution in [-0.4, -0.2) is 56.5 Å². The van der Waals surface area contributed by atoms with Gasteiger partial charge < -0.3 is 14.6 Å². The molecule has 0 aromatic carbocycles. The lowest BCUT2D eigenvalue weighted by atomic mass is 10.1. The Morgan fingerprint density at radius 1 is 1.35 bits per heavy atom. The predicted molar refractivity (Wildman–Crippen MR) is 80.9 cm³/mol. The van der Waals surface area contributed by atoms with E-state index >= 15 is 0 Å². The first-order chi connectivity index (χ1) is 11.2. The topological polar surface area (TPSA) is 101 Å². The molecule has 1 saturated heterocycles. The molecular weight excluding hydrogens is 298 g/mol. The minimum atomic E-state index is -0.187. The molecule has 0 saturated carbocycles.